The SMILES string of the molecule is COc1ccc(NC(=O)COc2ccc(C(=O)Nc3ccc(C)c([N+](=O)[O-])c3)cc2OC)cc1. The van der Waals surface area contributed by atoms with Crippen molar-refractivity contribution in [2.45, 2.75) is 6.92 Å². The minimum absolute atomic E-state index is 0.0907. The first kappa shape index (κ1) is 24.1. The third-order valence-corrected chi connectivity index (χ3v) is 4.82. The second-order valence-electron chi connectivity index (χ2n) is 7.14. The van der Waals surface area contributed by atoms with Crippen LogP contribution in [0.2, 0.25) is 0 Å². The van der Waals surface area contributed by atoms with Crippen LogP contribution in [0.4, 0.5) is 17.1 Å². The molecule has 10 nitrogen and oxygen atoms in total. The summed E-state index contributed by atoms with van der Waals surface area (Å²) in [7, 11) is 2.96. The van der Waals surface area contributed by atoms with E-state index in [1.807, 2.05) is 0 Å². The van der Waals surface area contributed by atoms with E-state index in [2.05, 4.69) is 10.6 Å². The molecule has 2 amide bonds. The van der Waals surface area contributed by atoms with Crippen LogP contribution in [-0.2, 0) is 4.79 Å². The standard InChI is InChI=1S/C24H23N3O7/c1-15-4-6-18(13-20(15)27(30)31)26-24(29)16-5-11-21(22(12-16)33-3)34-14-23(28)25-17-7-9-19(32-2)10-8-17/h4-13H,14H2,1-3H3,(H,25,28)(H,26,29). The van der Waals surface area contributed by atoms with Crippen LogP contribution in [-0.4, -0.2) is 37.6 Å². The average molecular weight is 465 g/mol. The van der Waals surface area contributed by atoms with E-state index < -0.39 is 10.8 Å². The molecule has 3 aromatic rings. The molecular formula is C24H23N3O7. The molecular weight excluding hydrogens is 442 g/mol. The van der Waals surface area contributed by atoms with Crippen molar-refractivity contribution in [3.05, 3.63) is 81.9 Å². The molecule has 0 saturated carbocycles. The fraction of sp³-hybridized carbons (Fsp3) is 0.167. The normalized spacial score (nSPS) is 10.2. The number of nitrogens with zero attached hydrogens (tertiary/aromatic N) is 1. The Morgan fingerprint density at radius 3 is 2.24 bits per heavy atom. The van der Waals surface area contributed by atoms with Crippen LogP contribution >= 0.6 is 0 Å². The minimum atomic E-state index is -0.509. The van der Waals surface area contributed by atoms with Crippen LogP contribution in [0.5, 0.6) is 17.2 Å². The Morgan fingerprint density at radius 1 is 0.882 bits per heavy atom. The van der Waals surface area contributed by atoms with Crippen LogP contribution in [0, 0.1) is 17.0 Å². The number of ether oxygens (including phenoxy) is 3. The van der Waals surface area contributed by atoms with Gasteiger partial charge in [-0.15, -0.1) is 0 Å². The molecule has 0 heterocycles. The first-order chi connectivity index (χ1) is 16.3. The van der Waals surface area contributed by atoms with E-state index in [1.54, 1.807) is 50.4 Å². The molecule has 3 rings (SSSR count). The lowest BCUT2D eigenvalue weighted by atomic mass is 10.1. The Hall–Kier alpha value is -4.60. The quantitative estimate of drug-likeness (QED) is 0.358. The third-order valence-electron chi connectivity index (χ3n) is 4.82. The van der Waals surface area contributed by atoms with Gasteiger partial charge in [0.05, 0.1) is 19.1 Å². The highest BCUT2D eigenvalue weighted by Crippen LogP contribution is 2.29. The first-order valence-corrected chi connectivity index (χ1v) is 10.1. The zero-order chi connectivity index (χ0) is 24.7. The summed E-state index contributed by atoms with van der Waals surface area (Å²) in [6.07, 6.45) is 0. The first-order valence-electron chi connectivity index (χ1n) is 10.1. The molecule has 0 atom stereocenters. The van der Waals surface area contributed by atoms with Gasteiger partial charge >= 0.3 is 0 Å². The highest BCUT2D eigenvalue weighted by Gasteiger charge is 2.16. The molecule has 2 N–H and O–H groups in total. The van der Waals surface area contributed by atoms with Crippen molar-refractivity contribution in [2.24, 2.45) is 0 Å². The summed E-state index contributed by atoms with van der Waals surface area (Å²) in [5.41, 5.74) is 1.52. The van der Waals surface area contributed by atoms with E-state index in [-0.39, 0.29) is 41.0 Å². The minimum Gasteiger partial charge on any atom is -0.497 e. The zero-order valence-corrected chi connectivity index (χ0v) is 18.8. The van der Waals surface area contributed by atoms with Crippen LogP contribution in [0.25, 0.3) is 0 Å². The summed E-state index contributed by atoms with van der Waals surface area (Å²) in [4.78, 5) is 35.4. The summed E-state index contributed by atoms with van der Waals surface area (Å²) in [6.45, 7) is 1.34. The highest BCUT2D eigenvalue weighted by atomic mass is 16.6. The van der Waals surface area contributed by atoms with Crippen LogP contribution in [0.3, 0.4) is 0 Å². The van der Waals surface area contributed by atoms with E-state index in [4.69, 9.17) is 14.2 Å². The summed E-state index contributed by atoms with van der Waals surface area (Å²) in [5, 5.41) is 16.4. The van der Waals surface area contributed by atoms with Gasteiger partial charge in [-0.1, -0.05) is 6.07 Å². The van der Waals surface area contributed by atoms with Crippen molar-refractivity contribution < 1.29 is 28.7 Å². The number of nitro benzene ring substituents is 1. The van der Waals surface area contributed by atoms with E-state index in [9.17, 15) is 19.7 Å². The molecule has 0 spiro atoms. The lowest BCUT2D eigenvalue weighted by molar-refractivity contribution is -0.385. The van der Waals surface area contributed by atoms with Gasteiger partial charge < -0.3 is 24.8 Å². The average Bonchev–Trinajstić information content (AvgIpc) is 2.84. The zero-order valence-electron chi connectivity index (χ0n) is 18.8. The predicted octanol–water partition coefficient (Wildman–Crippen LogP) is 4.19. The lowest BCUT2D eigenvalue weighted by Crippen LogP contribution is -2.20. The fourth-order valence-electron chi connectivity index (χ4n) is 3.03. The summed E-state index contributed by atoms with van der Waals surface area (Å²) in [6, 6.07) is 15.7. The van der Waals surface area contributed by atoms with E-state index in [1.165, 1.54) is 31.4 Å². The topological polar surface area (TPSA) is 129 Å². The number of nitro groups is 1. The maximum Gasteiger partial charge on any atom is 0.274 e. The van der Waals surface area contributed by atoms with Gasteiger partial charge in [-0.25, -0.2) is 0 Å². The molecule has 0 fully saturated rings. The van der Waals surface area contributed by atoms with Crippen molar-refractivity contribution in [2.75, 3.05) is 31.5 Å². The maximum absolute atomic E-state index is 12.6. The summed E-state index contributed by atoms with van der Waals surface area (Å²) in [5.74, 6) is 0.327. The molecule has 0 radical (unpaired) electrons. The number of hydrogen-bond donors (Lipinski definition) is 2. The molecule has 34 heavy (non-hydrogen) atoms. The molecule has 0 unspecified atom stereocenters. The van der Waals surface area contributed by atoms with Crippen molar-refractivity contribution in [3.8, 4) is 17.2 Å². The van der Waals surface area contributed by atoms with Gasteiger partial charge in [-0.3, -0.25) is 19.7 Å². The molecule has 176 valence electrons. The number of anilines is 2. The van der Waals surface area contributed by atoms with Gasteiger partial charge in [0.25, 0.3) is 17.5 Å². The number of carbonyl (C=O) groups is 2. The fourth-order valence-corrected chi connectivity index (χ4v) is 3.03. The van der Waals surface area contributed by atoms with Gasteiger partial charge in [0, 0.05) is 28.6 Å². The number of aryl methyl sites for hydroxylation is 1. The summed E-state index contributed by atoms with van der Waals surface area (Å²) >= 11 is 0. The van der Waals surface area contributed by atoms with Gasteiger partial charge in [-0.2, -0.15) is 0 Å². The molecule has 0 aliphatic carbocycles. The van der Waals surface area contributed by atoms with Crippen molar-refractivity contribution in [1.82, 2.24) is 0 Å². The number of amides is 2. The number of nitrogens with one attached hydrogen (secondary N) is 2. The monoisotopic (exact) mass is 465 g/mol. The largest absolute Gasteiger partial charge is 0.497 e. The Morgan fingerprint density at radius 2 is 1.59 bits per heavy atom. The smallest absolute Gasteiger partial charge is 0.274 e. The number of benzene rings is 3. The highest BCUT2D eigenvalue weighted by molar-refractivity contribution is 6.04. The number of methoxy groups -OCH3 is 2. The van der Waals surface area contributed by atoms with E-state index >= 15 is 0 Å². The van der Waals surface area contributed by atoms with Crippen LogP contribution in [0.1, 0.15) is 15.9 Å². The Labute approximate surface area is 195 Å². The molecule has 0 aliphatic rings. The second-order valence-corrected chi connectivity index (χ2v) is 7.14. The molecule has 0 aromatic heterocycles. The predicted molar refractivity (Wildman–Crippen MR) is 126 cm³/mol. The lowest BCUT2D eigenvalue weighted by Gasteiger charge is -2.13. The molecule has 0 saturated heterocycles. The molecule has 10 heteroatoms. The number of carbonyl (C=O) groups excluding carboxylic acids is 2. The maximum atomic E-state index is 12.6. The van der Waals surface area contributed by atoms with Crippen LogP contribution < -0.4 is 24.8 Å². The summed E-state index contributed by atoms with van der Waals surface area (Å²) < 4.78 is 15.9. The van der Waals surface area contributed by atoms with E-state index in [0.717, 1.165) is 0 Å². The second kappa shape index (κ2) is 10.8. The van der Waals surface area contributed by atoms with E-state index in [0.29, 0.717) is 17.0 Å². The van der Waals surface area contributed by atoms with Crippen molar-refractivity contribution in [3.63, 3.8) is 0 Å². The third kappa shape index (κ3) is 6.00. The van der Waals surface area contributed by atoms with Gasteiger partial charge in [0.2, 0.25) is 0 Å². The molecule has 3 aromatic carbocycles. The molecule has 0 bridgehead atoms. The number of hydrogen-bond acceptors (Lipinski definition) is 7. The van der Waals surface area contributed by atoms with Crippen molar-refractivity contribution >= 4 is 28.9 Å². The van der Waals surface area contributed by atoms with Crippen LogP contribution in [0.15, 0.2) is 60.7 Å². The number of rotatable bonds is 9. The van der Waals surface area contributed by atoms with Gasteiger partial charge in [-0.05, 0) is 55.5 Å². The van der Waals surface area contributed by atoms with Gasteiger partial charge in [0.15, 0.2) is 18.1 Å². The Balaban J connectivity index is 1.64. The van der Waals surface area contributed by atoms with Crippen molar-refractivity contribution in [1.29, 1.82) is 0 Å². The van der Waals surface area contributed by atoms with Gasteiger partial charge in [0.1, 0.15) is 5.75 Å². The molecule has 0 aliphatic heterocycles. The Bertz CT molecular complexity index is 1210. The Kier molecular flexibility index (Phi) is 7.65.